The molecular weight excluding hydrogens is 452 g/mol. The predicted molar refractivity (Wildman–Crippen MR) is 132 cm³/mol. The van der Waals surface area contributed by atoms with Crippen molar-refractivity contribution in [3.05, 3.63) is 33.9 Å². The molecular formula is C25H36N4O6. The summed E-state index contributed by atoms with van der Waals surface area (Å²) in [5, 5.41) is 6.10. The number of amides is 2. The molecule has 0 aliphatic carbocycles. The summed E-state index contributed by atoms with van der Waals surface area (Å²) in [6.45, 7) is 7.86. The lowest BCUT2D eigenvalue weighted by atomic mass is 9.93. The van der Waals surface area contributed by atoms with Gasteiger partial charge in [0, 0.05) is 57.9 Å². The van der Waals surface area contributed by atoms with Gasteiger partial charge in [0.2, 0.25) is 0 Å². The standard InChI is InChI=1S/C25H36N4O6/c1-16(7-9-20(30)34-13-12-29-11-10-26-15-29)6-8-18-22(27-25(32)28(3)4)21-19(14-35-24(21)31)17(2)23(18)33-5/h6,26H,7-15H2,1-5H3,(H,27,32). The molecule has 2 N–H and O–H groups in total. The Kier molecular flexibility index (Phi) is 9.11. The Hall–Kier alpha value is -3.11. The quantitative estimate of drug-likeness (QED) is 0.382. The molecule has 1 aromatic carbocycles. The van der Waals surface area contributed by atoms with Gasteiger partial charge in [0.05, 0.1) is 18.4 Å². The number of rotatable bonds is 10. The second kappa shape index (κ2) is 12.0. The summed E-state index contributed by atoms with van der Waals surface area (Å²) in [6, 6.07) is -0.354. The lowest BCUT2D eigenvalue weighted by Gasteiger charge is -2.21. The Bertz CT molecular complexity index is 998. The Morgan fingerprint density at radius 3 is 2.71 bits per heavy atom. The molecule has 0 unspecified atom stereocenters. The number of anilines is 1. The van der Waals surface area contributed by atoms with Crippen LogP contribution in [0.4, 0.5) is 10.5 Å². The number of benzene rings is 1. The van der Waals surface area contributed by atoms with Gasteiger partial charge in [-0.2, -0.15) is 0 Å². The topological polar surface area (TPSA) is 109 Å². The highest BCUT2D eigenvalue weighted by Gasteiger charge is 2.32. The summed E-state index contributed by atoms with van der Waals surface area (Å²) in [4.78, 5) is 40.8. The summed E-state index contributed by atoms with van der Waals surface area (Å²) in [7, 11) is 4.83. The summed E-state index contributed by atoms with van der Waals surface area (Å²) in [6.07, 6.45) is 3.24. The molecule has 0 bridgehead atoms. The van der Waals surface area contributed by atoms with Gasteiger partial charge in [-0.05, 0) is 32.3 Å². The summed E-state index contributed by atoms with van der Waals surface area (Å²) >= 11 is 0. The van der Waals surface area contributed by atoms with E-state index in [0.717, 1.165) is 43.0 Å². The normalized spacial score (nSPS) is 15.6. The molecule has 2 heterocycles. The van der Waals surface area contributed by atoms with Crippen LogP contribution in [0.3, 0.4) is 0 Å². The first kappa shape index (κ1) is 26.5. The molecule has 10 heteroatoms. The number of allylic oxidation sites excluding steroid dienone is 2. The third-order valence-electron chi connectivity index (χ3n) is 6.30. The van der Waals surface area contributed by atoms with E-state index in [1.165, 1.54) is 4.90 Å². The average Bonchev–Trinajstić information content (AvgIpc) is 3.48. The van der Waals surface area contributed by atoms with Gasteiger partial charge in [0.1, 0.15) is 19.0 Å². The highest BCUT2D eigenvalue weighted by Crippen LogP contribution is 2.41. The lowest BCUT2D eigenvalue weighted by molar-refractivity contribution is -0.143. The number of hydrogen-bond acceptors (Lipinski definition) is 8. The van der Waals surface area contributed by atoms with Gasteiger partial charge in [-0.25, -0.2) is 9.59 Å². The van der Waals surface area contributed by atoms with Crippen molar-refractivity contribution >= 4 is 23.7 Å². The first-order valence-corrected chi connectivity index (χ1v) is 11.8. The zero-order valence-corrected chi connectivity index (χ0v) is 21.3. The van der Waals surface area contributed by atoms with Crippen LogP contribution in [0.1, 0.15) is 46.8 Å². The maximum atomic E-state index is 12.5. The fourth-order valence-electron chi connectivity index (χ4n) is 4.19. The maximum absolute atomic E-state index is 12.5. The number of cyclic esters (lactones) is 1. The molecule has 3 rings (SSSR count). The molecule has 2 aliphatic heterocycles. The third-order valence-corrected chi connectivity index (χ3v) is 6.30. The molecule has 0 radical (unpaired) electrons. The molecule has 0 atom stereocenters. The van der Waals surface area contributed by atoms with E-state index in [2.05, 4.69) is 15.5 Å². The van der Waals surface area contributed by atoms with Gasteiger partial charge in [-0.1, -0.05) is 11.6 Å². The fourth-order valence-corrected chi connectivity index (χ4v) is 4.19. The number of ether oxygens (including phenoxy) is 3. The Morgan fingerprint density at radius 1 is 1.29 bits per heavy atom. The molecule has 192 valence electrons. The minimum atomic E-state index is -0.464. The molecule has 2 amide bonds. The van der Waals surface area contributed by atoms with Crippen molar-refractivity contribution in [1.82, 2.24) is 15.1 Å². The number of methoxy groups -OCH3 is 1. The van der Waals surface area contributed by atoms with E-state index in [0.29, 0.717) is 42.0 Å². The van der Waals surface area contributed by atoms with Crippen molar-refractivity contribution in [3.8, 4) is 5.75 Å². The van der Waals surface area contributed by atoms with E-state index in [-0.39, 0.29) is 25.0 Å². The highest BCUT2D eigenvalue weighted by molar-refractivity contribution is 6.05. The van der Waals surface area contributed by atoms with Crippen LogP contribution in [0, 0.1) is 6.92 Å². The molecule has 0 aromatic heterocycles. The lowest BCUT2D eigenvalue weighted by Crippen LogP contribution is -2.29. The molecule has 1 fully saturated rings. The van der Waals surface area contributed by atoms with Crippen molar-refractivity contribution in [1.29, 1.82) is 0 Å². The van der Waals surface area contributed by atoms with E-state index in [1.54, 1.807) is 21.2 Å². The Morgan fingerprint density at radius 2 is 2.06 bits per heavy atom. The monoisotopic (exact) mass is 488 g/mol. The maximum Gasteiger partial charge on any atom is 0.341 e. The molecule has 35 heavy (non-hydrogen) atoms. The predicted octanol–water partition coefficient (Wildman–Crippen LogP) is 2.44. The SMILES string of the molecule is COc1c(C)c2c(c(NC(=O)N(C)C)c1CC=C(C)CCC(=O)OCCN1CCNC1)C(=O)OC2. The van der Waals surface area contributed by atoms with Crippen molar-refractivity contribution in [2.45, 2.75) is 39.7 Å². The number of nitrogens with one attached hydrogen (secondary N) is 2. The number of nitrogens with zero attached hydrogens (tertiary/aromatic N) is 2. The van der Waals surface area contributed by atoms with Gasteiger partial charge < -0.3 is 29.7 Å². The van der Waals surface area contributed by atoms with Crippen LogP contribution < -0.4 is 15.4 Å². The second-order valence-corrected chi connectivity index (χ2v) is 9.02. The van der Waals surface area contributed by atoms with E-state index in [1.807, 2.05) is 19.9 Å². The van der Waals surface area contributed by atoms with Gasteiger partial charge in [0.25, 0.3) is 0 Å². The van der Waals surface area contributed by atoms with Gasteiger partial charge in [-0.15, -0.1) is 0 Å². The van der Waals surface area contributed by atoms with Crippen LogP contribution in [0.2, 0.25) is 0 Å². The molecule has 2 aliphatic rings. The number of hydrogen-bond donors (Lipinski definition) is 2. The average molecular weight is 489 g/mol. The van der Waals surface area contributed by atoms with E-state index >= 15 is 0 Å². The van der Waals surface area contributed by atoms with Crippen LogP contribution >= 0.6 is 0 Å². The van der Waals surface area contributed by atoms with E-state index in [4.69, 9.17) is 14.2 Å². The smallest absolute Gasteiger partial charge is 0.341 e. The molecule has 10 nitrogen and oxygen atoms in total. The van der Waals surface area contributed by atoms with Crippen LogP contribution in [0.15, 0.2) is 11.6 Å². The van der Waals surface area contributed by atoms with Gasteiger partial charge >= 0.3 is 18.0 Å². The summed E-state index contributed by atoms with van der Waals surface area (Å²) < 4.78 is 16.3. The van der Waals surface area contributed by atoms with Crippen molar-refractivity contribution in [2.24, 2.45) is 0 Å². The fraction of sp³-hybridized carbons (Fsp3) is 0.560. The number of esters is 2. The van der Waals surface area contributed by atoms with Gasteiger partial charge in [0.15, 0.2) is 0 Å². The molecule has 1 aromatic rings. The number of urea groups is 1. The van der Waals surface area contributed by atoms with Crippen LogP contribution in [0.25, 0.3) is 0 Å². The first-order chi connectivity index (χ1) is 16.7. The van der Waals surface area contributed by atoms with E-state index in [9.17, 15) is 14.4 Å². The van der Waals surface area contributed by atoms with Crippen molar-refractivity contribution in [2.75, 3.05) is 59.4 Å². The number of carbonyl (C=O) groups excluding carboxylic acids is 3. The van der Waals surface area contributed by atoms with Crippen LogP contribution in [0.5, 0.6) is 5.75 Å². The second-order valence-electron chi connectivity index (χ2n) is 9.02. The summed E-state index contributed by atoms with van der Waals surface area (Å²) in [5.41, 5.74) is 4.00. The minimum absolute atomic E-state index is 0.146. The van der Waals surface area contributed by atoms with Crippen molar-refractivity contribution < 1.29 is 28.6 Å². The van der Waals surface area contributed by atoms with Crippen molar-refractivity contribution in [3.63, 3.8) is 0 Å². The zero-order valence-electron chi connectivity index (χ0n) is 21.3. The Labute approximate surface area is 206 Å². The number of fused-ring (bicyclic) bond motifs is 1. The third kappa shape index (κ3) is 6.52. The molecule has 0 spiro atoms. The van der Waals surface area contributed by atoms with Gasteiger partial charge in [-0.3, -0.25) is 9.69 Å². The summed E-state index contributed by atoms with van der Waals surface area (Å²) in [5.74, 6) is -0.0808. The molecule has 1 saturated heterocycles. The number of carbonyl (C=O) groups is 3. The first-order valence-electron chi connectivity index (χ1n) is 11.8. The van der Waals surface area contributed by atoms with E-state index < -0.39 is 5.97 Å². The molecule has 0 saturated carbocycles. The largest absolute Gasteiger partial charge is 0.496 e. The highest BCUT2D eigenvalue weighted by atomic mass is 16.5. The zero-order chi connectivity index (χ0) is 25.5. The van der Waals surface area contributed by atoms with Crippen LogP contribution in [-0.2, 0) is 27.3 Å². The van der Waals surface area contributed by atoms with Crippen LogP contribution in [-0.4, -0.2) is 81.9 Å². The minimum Gasteiger partial charge on any atom is -0.496 e. The Balaban J connectivity index is 1.71.